The Balaban J connectivity index is 2.05. The summed E-state index contributed by atoms with van der Waals surface area (Å²) in [4.78, 5) is 12.6. The number of rotatable bonds is 20. The highest BCUT2D eigenvalue weighted by Crippen LogP contribution is 2.12. The van der Waals surface area contributed by atoms with Crippen LogP contribution in [0.1, 0.15) is 116 Å². The minimum atomic E-state index is -0.0810. The summed E-state index contributed by atoms with van der Waals surface area (Å²) in [5, 5.41) is 6.62. The van der Waals surface area contributed by atoms with Crippen molar-refractivity contribution < 1.29 is 4.79 Å². The number of hydrogen-bond donors (Lipinski definition) is 2. The second-order valence-corrected chi connectivity index (χ2v) is 8.74. The van der Waals surface area contributed by atoms with E-state index >= 15 is 0 Å². The van der Waals surface area contributed by atoms with E-state index in [4.69, 9.17) is 0 Å². The zero-order chi connectivity index (χ0) is 21.7. The van der Waals surface area contributed by atoms with E-state index in [1.807, 2.05) is 18.2 Å². The van der Waals surface area contributed by atoms with Gasteiger partial charge in [0.25, 0.3) is 0 Å². The lowest BCUT2D eigenvalue weighted by atomic mass is 10.1. The van der Waals surface area contributed by atoms with Gasteiger partial charge in [-0.15, -0.1) is 0 Å². The lowest BCUT2D eigenvalue weighted by Gasteiger charge is -2.18. The molecule has 172 valence electrons. The molecule has 0 aliphatic carbocycles. The molecule has 1 amide bonds. The van der Waals surface area contributed by atoms with Gasteiger partial charge in [0.1, 0.15) is 0 Å². The van der Waals surface area contributed by atoms with E-state index in [9.17, 15) is 4.79 Å². The quantitative estimate of drug-likeness (QED) is 0.222. The molecule has 1 aromatic carbocycles. The molecule has 30 heavy (non-hydrogen) atoms. The highest BCUT2D eigenvalue weighted by Gasteiger charge is 2.16. The number of carbonyl (C=O) groups is 1. The van der Waals surface area contributed by atoms with Crippen LogP contribution in [-0.4, -0.2) is 18.5 Å². The summed E-state index contributed by atoms with van der Waals surface area (Å²) < 4.78 is 0. The lowest BCUT2D eigenvalue weighted by molar-refractivity contribution is -0.123. The van der Waals surface area contributed by atoms with Gasteiger partial charge in [0.2, 0.25) is 5.91 Å². The van der Waals surface area contributed by atoms with Crippen molar-refractivity contribution in [2.24, 2.45) is 0 Å². The second-order valence-electron chi connectivity index (χ2n) is 8.74. The molecule has 0 saturated carbocycles. The number of hydrogen-bond acceptors (Lipinski definition) is 2. The van der Waals surface area contributed by atoms with Gasteiger partial charge in [0, 0.05) is 13.1 Å². The SMILES string of the molecule is CCCCCCCCCCCCCCNC(=O)[C@H](CCCC)NCc1ccccc1. The fraction of sp³-hybridized carbons (Fsp3) is 0.741. The molecule has 0 saturated heterocycles. The van der Waals surface area contributed by atoms with Crippen LogP contribution in [0.4, 0.5) is 0 Å². The first-order chi connectivity index (χ1) is 14.8. The highest BCUT2D eigenvalue weighted by atomic mass is 16.2. The van der Waals surface area contributed by atoms with E-state index in [-0.39, 0.29) is 11.9 Å². The number of unbranched alkanes of at least 4 members (excludes halogenated alkanes) is 12. The maximum absolute atomic E-state index is 12.6. The topological polar surface area (TPSA) is 41.1 Å². The van der Waals surface area contributed by atoms with E-state index < -0.39 is 0 Å². The van der Waals surface area contributed by atoms with E-state index in [0.717, 1.165) is 38.8 Å². The molecule has 0 unspecified atom stereocenters. The largest absolute Gasteiger partial charge is 0.355 e. The van der Waals surface area contributed by atoms with Crippen molar-refractivity contribution in [2.45, 2.75) is 123 Å². The molecule has 1 aromatic rings. The van der Waals surface area contributed by atoms with Gasteiger partial charge in [-0.1, -0.05) is 128 Å². The Morgan fingerprint density at radius 2 is 1.27 bits per heavy atom. The molecule has 1 atom stereocenters. The Bertz CT molecular complexity index is 503. The Morgan fingerprint density at radius 1 is 0.733 bits per heavy atom. The fourth-order valence-corrected chi connectivity index (χ4v) is 3.87. The van der Waals surface area contributed by atoms with E-state index in [2.05, 4.69) is 36.6 Å². The van der Waals surface area contributed by atoms with Crippen LogP contribution < -0.4 is 10.6 Å². The Morgan fingerprint density at radius 3 is 1.83 bits per heavy atom. The van der Waals surface area contributed by atoms with Crippen molar-refractivity contribution >= 4 is 5.91 Å². The van der Waals surface area contributed by atoms with Crippen LogP contribution in [0.2, 0.25) is 0 Å². The first kappa shape index (κ1) is 26.7. The monoisotopic (exact) mass is 416 g/mol. The van der Waals surface area contributed by atoms with E-state index in [1.165, 1.54) is 76.2 Å². The van der Waals surface area contributed by atoms with Gasteiger partial charge in [-0.2, -0.15) is 0 Å². The Kier molecular flexibility index (Phi) is 17.4. The third-order valence-electron chi connectivity index (χ3n) is 5.89. The van der Waals surface area contributed by atoms with Crippen molar-refractivity contribution in [1.82, 2.24) is 10.6 Å². The molecule has 0 aliphatic rings. The summed E-state index contributed by atoms with van der Waals surface area (Å²) in [7, 11) is 0. The number of amides is 1. The third kappa shape index (κ3) is 14.6. The maximum Gasteiger partial charge on any atom is 0.237 e. The van der Waals surface area contributed by atoms with E-state index in [0.29, 0.717) is 0 Å². The predicted molar refractivity (Wildman–Crippen MR) is 131 cm³/mol. The summed E-state index contributed by atoms with van der Waals surface area (Å²) in [6.45, 7) is 6.02. The molecule has 0 heterocycles. The van der Waals surface area contributed by atoms with Gasteiger partial charge >= 0.3 is 0 Å². The lowest BCUT2D eigenvalue weighted by Crippen LogP contribution is -2.44. The summed E-state index contributed by atoms with van der Waals surface area (Å²) in [6.07, 6.45) is 19.3. The molecular weight excluding hydrogens is 368 g/mol. The van der Waals surface area contributed by atoms with Gasteiger partial charge in [-0.3, -0.25) is 4.79 Å². The summed E-state index contributed by atoms with van der Waals surface area (Å²) >= 11 is 0. The molecule has 1 rings (SSSR count). The molecule has 0 fully saturated rings. The van der Waals surface area contributed by atoms with Crippen molar-refractivity contribution in [3.05, 3.63) is 35.9 Å². The standard InChI is InChI=1S/C27H48N2O/c1-3-5-7-8-9-10-11-12-13-14-15-19-23-28-27(30)26(22-6-4-2)29-24-25-20-17-16-18-21-25/h16-18,20-21,26,29H,3-15,19,22-24H2,1-2H3,(H,28,30)/t26-/m0/s1. The first-order valence-electron chi connectivity index (χ1n) is 12.8. The van der Waals surface area contributed by atoms with Crippen LogP contribution in [-0.2, 0) is 11.3 Å². The predicted octanol–water partition coefficient (Wildman–Crippen LogP) is 7.15. The Labute approximate surface area is 186 Å². The molecule has 2 N–H and O–H groups in total. The molecule has 0 radical (unpaired) electrons. The van der Waals surface area contributed by atoms with Crippen molar-refractivity contribution in [1.29, 1.82) is 0 Å². The van der Waals surface area contributed by atoms with Gasteiger partial charge in [0.05, 0.1) is 6.04 Å². The van der Waals surface area contributed by atoms with Gasteiger partial charge in [0.15, 0.2) is 0 Å². The van der Waals surface area contributed by atoms with E-state index in [1.54, 1.807) is 0 Å². The molecular formula is C27H48N2O. The number of carbonyl (C=O) groups excluding carboxylic acids is 1. The van der Waals surface area contributed by atoms with Crippen LogP contribution in [0.3, 0.4) is 0 Å². The van der Waals surface area contributed by atoms with Crippen molar-refractivity contribution in [3.8, 4) is 0 Å². The number of nitrogens with one attached hydrogen (secondary N) is 2. The van der Waals surface area contributed by atoms with Gasteiger partial charge in [-0.05, 0) is 18.4 Å². The molecule has 3 nitrogen and oxygen atoms in total. The maximum atomic E-state index is 12.6. The Hall–Kier alpha value is -1.35. The zero-order valence-corrected chi connectivity index (χ0v) is 19.9. The average molecular weight is 417 g/mol. The summed E-state index contributed by atoms with van der Waals surface area (Å²) in [5.41, 5.74) is 1.23. The van der Waals surface area contributed by atoms with Crippen LogP contribution >= 0.6 is 0 Å². The van der Waals surface area contributed by atoms with Crippen LogP contribution in [0.25, 0.3) is 0 Å². The number of benzene rings is 1. The summed E-state index contributed by atoms with van der Waals surface area (Å²) in [5.74, 6) is 0.169. The van der Waals surface area contributed by atoms with Crippen molar-refractivity contribution in [2.75, 3.05) is 6.54 Å². The molecule has 0 aromatic heterocycles. The fourth-order valence-electron chi connectivity index (χ4n) is 3.87. The van der Waals surface area contributed by atoms with Gasteiger partial charge in [-0.25, -0.2) is 0 Å². The second kappa shape index (κ2) is 19.6. The van der Waals surface area contributed by atoms with Crippen LogP contribution in [0.15, 0.2) is 30.3 Å². The molecule has 0 bridgehead atoms. The normalized spacial score (nSPS) is 12.1. The van der Waals surface area contributed by atoms with Crippen molar-refractivity contribution in [3.63, 3.8) is 0 Å². The molecule has 0 aliphatic heterocycles. The third-order valence-corrected chi connectivity index (χ3v) is 5.89. The van der Waals surface area contributed by atoms with Crippen LogP contribution in [0, 0.1) is 0 Å². The zero-order valence-electron chi connectivity index (χ0n) is 19.9. The smallest absolute Gasteiger partial charge is 0.237 e. The molecule has 3 heteroatoms. The van der Waals surface area contributed by atoms with Crippen LogP contribution in [0.5, 0.6) is 0 Å². The highest BCUT2D eigenvalue weighted by molar-refractivity contribution is 5.81. The summed E-state index contributed by atoms with van der Waals surface area (Å²) in [6, 6.07) is 10.3. The minimum Gasteiger partial charge on any atom is -0.355 e. The average Bonchev–Trinajstić information content (AvgIpc) is 2.77. The minimum absolute atomic E-state index is 0.0810. The first-order valence-corrected chi connectivity index (χ1v) is 12.8. The molecule has 0 spiro atoms. The van der Waals surface area contributed by atoms with Gasteiger partial charge < -0.3 is 10.6 Å².